The van der Waals surface area contributed by atoms with E-state index >= 15 is 0 Å². The van der Waals surface area contributed by atoms with E-state index in [0.717, 1.165) is 9.81 Å². The highest BCUT2D eigenvalue weighted by Crippen LogP contribution is 2.31. The molecule has 3 rings (SSSR count). The molecule has 0 radical (unpaired) electrons. The summed E-state index contributed by atoms with van der Waals surface area (Å²) >= 11 is 5.43. The molecule has 52 valence electrons. The molecule has 0 aromatic carbocycles. The minimum atomic E-state index is 0.969. The van der Waals surface area contributed by atoms with Crippen molar-refractivity contribution in [3.8, 4) is 0 Å². The lowest BCUT2D eigenvalue weighted by Gasteiger charge is -2.54. The predicted octanol–water partition coefficient (Wildman–Crippen LogP) is 1.08. The van der Waals surface area contributed by atoms with Crippen LogP contribution in [0.25, 0.3) is 0 Å². The van der Waals surface area contributed by atoms with Crippen LogP contribution in [0.15, 0.2) is 0 Å². The van der Waals surface area contributed by atoms with Crippen LogP contribution in [0.5, 0.6) is 0 Å². The molecule has 0 spiro atoms. The van der Waals surface area contributed by atoms with Crippen molar-refractivity contribution < 1.29 is 3.89 Å². The third kappa shape index (κ3) is 0.987. The van der Waals surface area contributed by atoms with Gasteiger partial charge in [-0.2, -0.15) is 0 Å². The van der Waals surface area contributed by atoms with E-state index in [0.29, 0.717) is 0 Å². The van der Waals surface area contributed by atoms with Gasteiger partial charge in [-0.05, 0) is 25.2 Å². The minimum Gasteiger partial charge on any atom is -0.494 e. The highest BCUT2D eigenvalue weighted by Gasteiger charge is 2.31. The number of hydrogen-bond acceptors (Lipinski definition) is 1. The lowest BCUT2D eigenvalue weighted by atomic mass is 9.88. The molecule has 0 amide bonds. The van der Waals surface area contributed by atoms with E-state index in [-0.39, 0.29) is 0 Å². The van der Waals surface area contributed by atoms with Crippen molar-refractivity contribution >= 4 is 12.8 Å². The van der Waals surface area contributed by atoms with Gasteiger partial charge in [-0.1, -0.05) is 0 Å². The molecule has 9 heavy (non-hydrogen) atoms. The standard InChI is InChI=1S/C7H13NS/c9-8-4-1-7(2-5-8)3-6-8/h7H,1-6H2. The molecule has 0 saturated carbocycles. The summed E-state index contributed by atoms with van der Waals surface area (Å²) < 4.78 is 0.969. The Kier molecular flexibility index (Phi) is 1.27. The fraction of sp³-hybridized carbons (Fsp3) is 1.00. The molecule has 3 heterocycles. The third-order valence-corrected chi connectivity index (χ3v) is 3.38. The van der Waals surface area contributed by atoms with Crippen molar-refractivity contribution in [2.45, 2.75) is 19.3 Å². The number of fused-ring (bicyclic) bond motifs is 3. The van der Waals surface area contributed by atoms with Crippen LogP contribution in [0.3, 0.4) is 0 Å². The molecule has 0 unspecified atom stereocenters. The summed E-state index contributed by atoms with van der Waals surface area (Å²) in [5.41, 5.74) is 0. The summed E-state index contributed by atoms with van der Waals surface area (Å²) in [7, 11) is 0. The van der Waals surface area contributed by atoms with Crippen LogP contribution in [0.1, 0.15) is 19.3 Å². The Labute approximate surface area is 62.2 Å². The second kappa shape index (κ2) is 1.89. The fourth-order valence-electron chi connectivity index (χ4n) is 2.02. The Balaban J connectivity index is 2.11. The molecule has 0 atom stereocenters. The van der Waals surface area contributed by atoms with Gasteiger partial charge in [0.05, 0.1) is 19.6 Å². The van der Waals surface area contributed by atoms with Gasteiger partial charge in [0.2, 0.25) is 0 Å². The van der Waals surface area contributed by atoms with Gasteiger partial charge < -0.3 is 16.7 Å². The van der Waals surface area contributed by atoms with Crippen LogP contribution in [0, 0.1) is 5.92 Å². The van der Waals surface area contributed by atoms with Gasteiger partial charge in [-0.25, -0.2) is 0 Å². The van der Waals surface area contributed by atoms with Crippen molar-refractivity contribution in [2.24, 2.45) is 5.92 Å². The molecular formula is C7H13NS. The first-order chi connectivity index (χ1) is 4.29. The van der Waals surface area contributed by atoms with Gasteiger partial charge >= 0.3 is 0 Å². The van der Waals surface area contributed by atoms with E-state index in [1.807, 2.05) is 0 Å². The molecule has 3 aliphatic rings. The number of quaternary nitrogens is 1. The first kappa shape index (κ1) is 6.05. The normalized spacial score (nSPS) is 49.7. The average molecular weight is 143 g/mol. The molecule has 1 nitrogen and oxygen atoms in total. The first-order valence-electron chi connectivity index (χ1n) is 3.86. The SMILES string of the molecule is [S-][N+]12CCC(CC1)CC2. The molecule has 0 N–H and O–H groups in total. The van der Waals surface area contributed by atoms with Crippen molar-refractivity contribution in [3.05, 3.63) is 0 Å². The number of piperidine rings is 3. The largest absolute Gasteiger partial charge is 0.494 e. The number of nitrogens with zero attached hydrogens (tertiary/aromatic N) is 1. The van der Waals surface area contributed by atoms with Crippen LogP contribution in [0.4, 0.5) is 0 Å². The number of rotatable bonds is 0. The highest BCUT2D eigenvalue weighted by molar-refractivity contribution is 7.52. The van der Waals surface area contributed by atoms with Crippen LogP contribution in [0.2, 0.25) is 0 Å². The topological polar surface area (TPSA) is 0 Å². The predicted molar refractivity (Wildman–Crippen MR) is 39.6 cm³/mol. The number of hydrogen-bond donors (Lipinski definition) is 0. The summed E-state index contributed by atoms with van der Waals surface area (Å²) in [4.78, 5) is 0. The smallest absolute Gasteiger partial charge is 0.0625 e. The summed E-state index contributed by atoms with van der Waals surface area (Å²) in [5, 5.41) is 0. The van der Waals surface area contributed by atoms with Gasteiger partial charge in [0.25, 0.3) is 0 Å². The zero-order chi connectivity index (χ0) is 6.32. The second-order valence-electron chi connectivity index (χ2n) is 3.46. The second-order valence-corrected chi connectivity index (χ2v) is 4.24. The first-order valence-corrected chi connectivity index (χ1v) is 4.22. The molecule has 2 heteroatoms. The molecular weight excluding hydrogens is 130 g/mol. The molecule has 2 bridgehead atoms. The van der Waals surface area contributed by atoms with Gasteiger partial charge in [-0.15, -0.1) is 0 Å². The van der Waals surface area contributed by atoms with E-state index in [2.05, 4.69) is 0 Å². The molecule has 0 aliphatic carbocycles. The van der Waals surface area contributed by atoms with E-state index in [1.54, 1.807) is 0 Å². The Morgan fingerprint density at radius 2 is 1.44 bits per heavy atom. The maximum Gasteiger partial charge on any atom is 0.0625 e. The summed E-state index contributed by atoms with van der Waals surface area (Å²) in [6.07, 6.45) is 4.22. The van der Waals surface area contributed by atoms with E-state index in [9.17, 15) is 0 Å². The monoisotopic (exact) mass is 143 g/mol. The minimum absolute atomic E-state index is 0.969. The van der Waals surface area contributed by atoms with Gasteiger partial charge in [0.15, 0.2) is 0 Å². The van der Waals surface area contributed by atoms with Crippen molar-refractivity contribution in [1.29, 1.82) is 0 Å². The van der Waals surface area contributed by atoms with Gasteiger partial charge in [-0.3, -0.25) is 0 Å². The molecule has 0 aromatic rings. The molecule has 3 aliphatic heterocycles. The quantitative estimate of drug-likeness (QED) is 0.361. The maximum atomic E-state index is 5.43. The van der Waals surface area contributed by atoms with E-state index in [4.69, 9.17) is 12.8 Å². The lowest BCUT2D eigenvalue weighted by Crippen LogP contribution is -2.53. The van der Waals surface area contributed by atoms with Gasteiger partial charge in [0.1, 0.15) is 0 Å². The zero-order valence-corrected chi connectivity index (χ0v) is 6.49. The molecule has 3 fully saturated rings. The summed E-state index contributed by atoms with van der Waals surface area (Å²) in [6, 6.07) is 0. The van der Waals surface area contributed by atoms with Crippen LogP contribution >= 0.6 is 0 Å². The van der Waals surface area contributed by atoms with Crippen LogP contribution in [-0.4, -0.2) is 23.5 Å². The third-order valence-electron chi connectivity index (χ3n) is 2.83. The summed E-state index contributed by atoms with van der Waals surface area (Å²) in [6.45, 7) is 3.83. The van der Waals surface area contributed by atoms with E-state index < -0.39 is 0 Å². The van der Waals surface area contributed by atoms with Crippen LogP contribution < -0.4 is 0 Å². The Morgan fingerprint density at radius 3 is 1.67 bits per heavy atom. The maximum absolute atomic E-state index is 5.43. The zero-order valence-electron chi connectivity index (χ0n) is 5.68. The van der Waals surface area contributed by atoms with Crippen LogP contribution in [-0.2, 0) is 12.8 Å². The van der Waals surface area contributed by atoms with Crippen molar-refractivity contribution in [1.82, 2.24) is 0 Å². The average Bonchev–Trinajstić information content (AvgIpc) is 1.90. The van der Waals surface area contributed by atoms with Gasteiger partial charge in [0, 0.05) is 0 Å². The highest BCUT2D eigenvalue weighted by atomic mass is 32.1. The fourth-order valence-corrected chi connectivity index (χ4v) is 2.34. The Morgan fingerprint density at radius 1 is 1.00 bits per heavy atom. The molecule has 0 aromatic heterocycles. The van der Waals surface area contributed by atoms with E-state index in [1.165, 1.54) is 38.9 Å². The Hall–Kier alpha value is 0.310. The molecule has 3 saturated heterocycles. The lowest BCUT2D eigenvalue weighted by molar-refractivity contribution is -0.814. The Bertz CT molecular complexity index is 102. The van der Waals surface area contributed by atoms with Crippen molar-refractivity contribution in [2.75, 3.05) is 19.6 Å². The summed E-state index contributed by atoms with van der Waals surface area (Å²) in [5.74, 6) is 1.05. The van der Waals surface area contributed by atoms with Crippen molar-refractivity contribution in [3.63, 3.8) is 0 Å².